The number of nitrogens with zero attached hydrogens (tertiary/aromatic N) is 3. The van der Waals surface area contributed by atoms with E-state index in [9.17, 15) is 4.21 Å². The van der Waals surface area contributed by atoms with Crippen molar-refractivity contribution in [2.45, 2.75) is 45.4 Å². The van der Waals surface area contributed by atoms with Crippen molar-refractivity contribution in [3.8, 4) is 0 Å². The second-order valence-electron chi connectivity index (χ2n) is 6.89. The van der Waals surface area contributed by atoms with Crippen LogP contribution in [0.3, 0.4) is 0 Å². The van der Waals surface area contributed by atoms with Gasteiger partial charge in [-0.15, -0.1) is 0 Å². The van der Waals surface area contributed by atoms with Crippen LogP contribution in [-0.2, 0) is 11.0 Å². The van der Waals surface area contributed by atoms with Crippen LogP contribution in [0.1, 0.15) is 34.1 Å². The quantitative estimate of drug-likeness (QED) is 0.768. The summed E-state index contributed by atoms with van der Waals surface area (Å²) in [4.78, 5) is 5.20. The van der Waals surface area contributed by atoms with E-state index in [1.165, 1.54) is 39.1 Å². The largest absolute Gasteiger partial charge is 0.301 e. The maximum absolute atomic E-state index is 12.2. The lowest BCUT2D eigenvalue weighted by atomic mass is 10.1. The van der Waals surface area contributed by atoms with Crippen LogP contribution in [0.4, 0.5) is 0 Å². The highest BCUT2D eigenvalue weighted by atomic mass is 32.2. The zero-order valence-electron chi connectivity index (χ0n) is 13.5. The maximum atomic E-state index is 12.2. The molecular formula is C15H31N3OS. The van der Waals surface area contributed by atoms with Gasteiger partial charge in [0.1, 0.15) is 0 Å². The molecule has 4 nitrogen and oxygen atoms in total. The summed E-state index contributed by atoms with van der Waals surface area (Å²) in [7, 11) is -0.791. The fraction of sp³-hybridized carbons (Fsp3) is 1.00. The van der Waals surface area contributed by atoms with Crippen LogP contribution < -0.4 is 0 Å². The summed E-state index contributed by atoms with van der Waals surface area (Å²) in [5.74, 6) is 0.761. The van der Waals surface area contributed by atoms with Crippen LogP contribution in [0.15, 0.2) is 0 Å². The number of piperazine rings is 1. The Labute approximate surface area is 127 Å². The summed E-state index contributed by atoms with van der Waals surface area (Å²) in [6.07, 6.45) is 1.18. The van der Waals surface area contributed by atoms with E-state index in [1.54, 1.807) is 0 Å². The summed E-state index contributed by atoms with van der Waals surface area (Å²) in [6, 6.07) is 0.624. The van der Waals surface area contributed by atoms with Crippen molar-refractivity contribution >= 4 is 11.0 Å². The molecular weight excluding hydrogens is 270 g/mol. The zero-order valence-corrected chi connectivity index (χ0v) is 14.4. The van der Waals surface area contributed by atoms with Crippen molar-refractivity contribution in [1.82, 2.24) is 14.1 Å². The molecule has 20 heavy (non-hydrogen) atoms. The lowest BCUT2D eigenvalue weighted by molar-refractivity contribution is 0.0934. The van der Waals surface area contributed by atoms with Crippen LogP contribution in [0.5, 0.6) is 0 Å². The Morgan fingerprint density at radius 2 is 1.70 bits per heavy atom. The molecule has 0 amide bonds. The van der Waals surface area contributed by atoms with Crippen LogP contribution >= 0.6 is 0 Å². The van der Waals surface area contributed by atoms with Gasteiger partial charge in [0, 0.05) is 57.1 Å². The minimum atomic E-state index is -0.791. The van der Waals surface area contributed by atoms with Gasteiger partial charge in [-0.25, -0.2) is 8.51 Å². The van der Waals surface area contributed by atoms with E-state index in [4.69, 9.17) is 0 Å². The molecule has 2 atom stereocenters. The third-order valence-corrected chi connectivity index (χ3v) is 5.98. The average molecular weight is 302 g/mol. The molecule has 5 heteroatoms. The number of hydrogen-bond donors (Lipinski definition) is 0. The van der Waals surface area contributed by atoms with Crippen molar-refractivity contribution in [3.05, 3.63) is 0 Å². The highest BCUT2D eigenvalue weighted by Crippen LogP contribution is 2.20. The van der Waals surface area contributed by atoms with Gasteiger partial charge in [0.25, 0.3) is 0 Å². The summed E-state index contributed by atoms with van der Waals surface area (Å²) in [5.41, 5.74) is 0. The normalized spacial score (nSPS) is 28.6. The fourth-order valence-electron chi connectivity index (χ4n) is 3.30. The number of rotatable bonds is 5. The van der Waals surface area contributed by atoms with E-state index in [2.05, 4.69) is 28.0 Å². The molecule has 2 unspecified atom stereocenters. The van der Waals surface area contributed by atoms with Crippen molar-refractivity contribution in [2.24, 2.45) is 5.92 Å². The van der Waals surface area contributed by atoms with E-state index in [0.717, 1.165) is 19.0 Å². The van der Waals surface area contributed by atoms with Crippen molar-refractivity contribution in [1.29, 1.82) is 0 Å². The molecule has 2 aliphatic rings. The molecule has 0 aromatic heterocycles. The molecule has 0 radical (unpaired) electrons. The summed E-state index contributed by atoms with van der Waals surface area (Å²) >= 11 is 0. The first-order chi connectivity index (χ1) is 9.47. The molecule has 0 bridgehead atoms. The Morgan fingerprint density at radius 3 is 2.25 bits per heavy atom. The predicted molar refractivity (Wildman–Crippen MR) is 86.1 cm³/mol. The Hall–Kier alpha value is 0.0300. The molecule has 118 valence electrons. The van der Waals surface area contributed by atoms with Gasteiger partial charge in [0.2, 0.25) is 0 Å². The van der Waals surface area contributed by atoms with Gasteiger partial charge in [-0.1, -0.05) is 13.8 Å². The van der Waals surface area contributed by atoms with Crippen molar-refractivity contribution < 1.29 is 4.21 Å². The zero-order chi connectivity index (χ0) is 14.7. The lowest BCUT2D eigenvalue weighted by Crippen LogP contribution is -2.51. The highest BCUT2D eigenvalue weighted by Gasteiger charge is 2.32. The Morgan fingerprint density at radius 1 is 1.05 bits per heavy atom. The van der Waals surface area contributed by atoms with E-state index >= 15 is 0 Å². The van der Waals surface area contributed by atoms with E-state index < -0.39 is 11.0 Å². The van der Waals surface area contributed by atoms with Crippen LogP contribution in [-0.4, -0.2) is 75.4 Å². The van der Waals surface area contributed by atoms with Gasteiger partial charge in [-0.3, -0.25) is 4.90 Å². The van der Waals surface area contributed by atoms with E-state index in [0.29, 0.717) is 6.04 Å². The highest BCUT2D eigenvalue weighted by molar-refractivity contribution is 7.83. The first-order valence-corrected chi connectivity index (χ1v) is 9.26. The average Bonchev–Trinajstić information content (AvgIpc) is 2.87. The van der Waals surface area contributed by atoms with Crippen molar-refractivity contribution in [2.75, 3.05) is 45.8 Å². The molecule has 2 heterocycles. The van der Waals surface area contributed by atoms with Crippen LogP contribution in [0.2, 0.25) is 0 Å². The Bertz CT molecular complexity index is 327. The van der Waals surface area contributed by atoms with Gasteiger partial charge >= 0.3 is 0 Å². The Balaban J connectivity index is 1.77. The standard InChI is InChI=1S/C15H31N3OS/c1-13(2)11-16-7-9-17(10-8-16)15-5-6-18(12-15)20(19)14(3)4/h13-15H,5-12H2,1-4H3. The molecule has 2 saturated heterocycles. The molecule has 2 aliphatic heterocycles. The van der Waals surface area contributed by atoms with Crippen LogP contribution in [0, 0.1) is 5.92 Å². The molecule has 0 aromatic carbocycles. The number of hydrogen-bond acceptors (Lipinski definition) is 3. The predicted octanol–water partition coefficient (Wildman–Crippen LogP) is 1.41. The third kappa shape index (κ3) is 4.26. The molecule has 2 rings (SSSR count). The third-order valence-electron chi connectivity index (χ3n) is 4.33. The van der Waals surface area contributed by atoms with Gasteiger partial charge in [-0.2, -0.15) is 0 Å². The lowest BCUT2D eigenvalue weighted by Gasteiger charge is -2.38. The summed E-state index contributed by atoms with van der Waals surface area (Å²) in [5, 5.41) is 0.247. The van der Waals surface area contributed by atoms with Crippen LogP contribution in [0.25, 0.3) is 0 Å². The SMILES string of the molecule is CC(C)CN1CCN(C2CCN(S(=O)C(C)C)C2)CC1. The van der Waals surface area contributed by atoms with Crippen molar-refractivity contribution in [3.63, 3.8) is 0 Å². The first-order valence-electron chi connectivity index (χ1n) is 8.09. The second-order valence-corrected chi connectivity index (χ2v) is 8.90. The molecule has 0 N–H and O–H groups in total. The molecule has 2 fully saturated rings. The van der Waals surface area contributed by atoms with E-state index in [-0.39, 0.29) is 5.25 Å². The monoisotopic (exact) mass is 301 g/mol. The minimum absolute atomic E-state index is 0.247. The topological polar surface area (TPSA) is 26.8 Å². The molecule has 0 aliphatic carbocycles. The Kier molecular flexibility index (Phi) is 6.02. The summed E-state index contributed by atoms with van der Waals surface area (Å²) < 4.78 is 14.3. The molecule has 0 saturated carbocycles. The van der Waals surface area contributed by atoms with Gasteiger partial charge < -0.3 is 4.90 Å². The minimum Gasteiger partial charge on any atom is -0.301 e. The maximum Gasteiger partial charge on any atom is 0.0969 e. The second kappa shape index (κ2) is 7.34. The fourth-order valence-corrected chi connectivity index (χ4v) is 4.50. The van der Waals surface area contributed by atoms with E-state index in [1.807, 2.05) is 13.8 Å². The first kappa shape index (κ1) is 16.4. The smallest absolute Gasteiger partial charge is 0.0969 e. The molecule has 0 spiro atoms. The summed E-state index contributed by atoms with van der Waals surface area (Å²) in [6.45, 7) is 16.7. The van der Waals surface area contributed by atoms with Gasteiger partial charge in [-0.05, 0) is 26.2 Å². The van der Waals surface area contributed by atoms with Gasteiger partial charge in [0.05, 0.1) is 11.0 Å². The molecule has 0 aromatic rings. The van der Waals surface area contributed by atoms with Gasteiger partial charge in [0.15, 0.2) is 0 Å².